The normalized spacial score (nSPS) is 12.1. The number of nitrogens with zero attached hydrogens (tertiary/aromatic N) is 3. The molecule has 0 spiro atoms. The lowest BCUT2D eigenvalue weighted by molar-refractivity contribution is -0.389. The average Bonchev–Trinajstić information content (AvgIpc) is 2.91. The van der Waals surface area contributed by atoms with E-state index in [1.165, 1.54) is 28.9 Å². The Balaban J connectivity index is 2.03. The maximum Gasteiger partial charge on any atom is 0.390 e. The zero-order valence-corrected chi connectivity index (χ0v) is 14.5. The van der Waals surface area contributed by atoms with Gasteiger partial charge in [-0.05, 0) is 30.0 Å². The Morgan fingerprint density at radius 3 is 2.69 bits per heavy atom. The summed E-state index contributed by atoms with van der Waals surface area (Å²) >= 11 is 5.83. The molecule has 8 nitrogen and oxygen atoms in total. The van der Waals surface area contributed by atoms with Crippen molar-refractivity contribution in [1.82, 2.24) is 9.78 Å². The first-order valence-corrected chi connectivity index (χ1v) is 7.79. The molecule has 1 unspecified atom stereocenters. The van der Waals surface area contributed by atoms with Crippen molar-refractivity contribution in [2.45, 2.75) is 27.0 Å². The van der Waals surface area contributed by atoms with E-state index in [1.54, 1.807) is 13.8 Å². The van der Waals surface area contributed by atoms with Crippen molar-refractivity contribution in [3.63, 3.8) is 0 Å². The summed E-state index contributed by atoms with van der Waals surface area (Å²) in [6.07, 6.45) is 0. The number of halogens is 3. The van der Waals surface area contributed by atoms with Crippen LogP contribution in [-0.2, 0) is 11.3 Å². The first kappa shape index (κ1) is 19.6. The van der Waals surface area contributed by atoms with Crippen LogP contribution in [0.25, 0.3) is 0 Å². The van der Waals surface area contributed by atoms with E-state index in [9.17, 15) is 23.7 Å². The number of hydrogen-bond donors (Lipinski definition) is 1. The van der Waals surface area contributed by atoms with Crippen LogP contribution in [0.2, 0.25) is 5.02 Å². The van der Waals surface area contributed by atoms with Crippen LogP contribution in [0.1, 0.15) is 12.6 Å². The molecule has 0 saturated carbocycles. The lowest BCUT2D eigenvalue weighted by atomic mass is 10.1. The fourth-order valence-electron chi connectivity index (χ4n) is 2.14. The third-order valence-electron chi connectivity index (χ3n) is 3.47. The third-order valence-corrected chi connectivity index (χ3v) is 3.76. The molecule has 1 aromatic carbocycles. The van der Waals surface area contributed by atoms with Gasteiger partial charge in [0.15, 0.2) is 0 Å². The minimum Gasteiger partial charge on any atom is -0.433 e. The number of benzene rings is 1. The van der Waals surface area contributed by atoms with Crippen molar-refractivity contribution >= 4 is 29.0 Å². The predicted molar refractivity (Wildman–Crippen MR) is 89.5 cm³/mol. The van der Waals surface area contributed by atoms with Gasteiger partial charge in [-0.3, -0.25) is 4.79 Å². The molecule has 1 N–H and O–H groups in total. The molecule has 0 bridgehead atoms. The molecule has 0 aliphatic heterocycles. The first-order chi connectivity index (χ1) is 12.2. The van der Waals surface area contributed by atoms with Gasteiger partial charge >= 0.3 is 12.4 Å². The molecule has 26 heavy (non-hydrogen) atoms. The highest BCUT2D eigenvalue weighted by Crippen LogP contribution is 2.29. The molecular weight excluding hydrogens is 374 g/mol. The summed E-state index contributed by atoms with van der Waals surface area (Å²) in [6.45, 7) is 0.394. The molecule has 0 aliphatic rings. The van der Waals surface area contributed by atoms with Crippen LogP contribution in [0.4, 0.5) is 20.3 Å². The van der Waals surface area contributed by atoms with Crippen molar-refractivity contribution in [1.29, 1.82) is 0 Å². The summed E-state index contributed by atoms with van der Waals surface area (Å²) in [5.41, 5.74) is 0.851. The van der Waals surface area contributed by atoms with Gasteiger partial charge in [-0.1, -0.05) is 18.5 Å². The van der Waals surface area contributed by atoms with Crippen LogP contribution in [0.15, 0.2) is 24.3 Å². The van der Waals surface area contributed by atoms with E-state index < -0.39 is 17.5 Å². The fourth-order valence-corrected chi connectivity index (χ4v) is 2.37. The number of rotatable bonds is 7. The number of amides is 1. The van der Waals surface area contributed by atoms with E-state index >= 15 is 0 Å². The predicted octanol–water partition coefficient (Wildman–Crippen LogP) is 3.63. The number of nitrogens with one attached hydrogen (secondary N) is 1. The van der Waals surface area contributed by atoms with Gasteiger partial charge in [0.25, 0.3) is 0 Å². The summed E-state index contributed by atoms with van der Waals surface area (Å²) in [5.74, 6) is -1.45. The zero-order chi connectivity index (χ0) is 19.4. The Kier molecular flexibility index (Phi) is 6.09. The Morgan fingerprint density at radius 1 is 1.46 bits per heavy atom. The van der Waals surface area contributed by atoms with Crippen molar-refractivity contribution in [2.24, 2.45) is 5.92 Å². The number of carbonyl (C=O) groups is 1. The number of anilines is 1. The Bertz CT molecular complexity index is 828. The third kappa shape index (κ3) is 4.88. The van der Waals surface area contributed by atoms with Crippen LogP contribution in [0, 0.1) is 23.0 Å². The molecule has 1 amide bonds. The Labute approximate surface area is 151 Å². The topological polar surface area (TPSA) is 99.3 Å². The second-order valence-electron chi connectivity index (χ2n) is 5.50. The highest BCUT2D eigenvalue weighted by molar-refractivity contribution is 6.32. The van der Waals surface area contributed by atoms with Crippen LogP contribution in [0.3, 0.4) is 0 Å². The number of carbonyl (C=O) groups excluding carboxylic acids is 1. The van der Waals surface area contributed by atoms with Gasteiger partial charge < -0.3 is 20.2 Å². The minimum absolute atomic E-state index is 0.0747. The van der Waals surface area contributed by atoms with E-state index in [0.717, 1.165) is 0 Å². The SMILES string of the molecule is Cc1cc([N+](=O)[O-])nn1CC(C)C(=O)Nc1ccc(OC(F)F)c(Cl)c1. The van der Waals surface area contributed by atoms with Crippen molar-refractivity contribution < 1.29 is 23.2 Å². The number of aromatic nitrogens is 2. The first-order valence-electron chi connectivity index (χ1n) is 7.41. The average molecular weight is 389 g/mol. The molecule has 1 heterocycles. The molecule has 0 fully saturated rings. The van der Waals surface area contributed by atoms with Gasteiger partial charge in [-0.2, -0.15) is 13.5 Å². The van der Waals surface area contributed by atoms with Gasteiger partial charge in [0, 0.05) is 5.69 Å². The largest absolute Gasteiger partial charge is 0.433 e. The van der Waals surface area contributed by atoms with Gasteiger partial charge in [-0.15, -0.1) is 0 Å². The number of nitro groups is 1. The van der Waals surface area contributed by atoms with E-state index in [2.05, 4.69) is 15.2 Å². The monoisotopic (exact) mass is 388 g/mol. The molecule has 2 rings (SSSR count). The highest BCUT2D eigenvalue weighted by Gasteiger charge is 2.21. The van der Waals surface area contributed by atoms with Crippen LogP contribution < -0.4 is 10.1 Å². The van der Waals surface area contributed by atoms with Gasteiger partial charge in [-0.25, -0.2) is 0 Å². The number of ether oxygens (including phenoxy) is 1. The Morgan fingerprint density at radius 2 is 2.15 bits per heavy atom. The maximum atomic E-state index is 12.3. The molecule has 1 aromatic heterocycles. The van der Waals surface area contributed by atoms with Crippen LogP contribution in [0.5, 0.6) is 5.75 Å². The van der Waals surface area contributed by atoms with Crippen molar-refractivity contribution in [2.75, 3.05) is 5.32 Å². The van der Waals surface area contributed by atoms with Gasteiger partial charge in [0.05, 0.1) is 34.3 Å². The van der Waals surface area contributed by atoms with Crippen LogP contribution in [-0.4, -0.2) is 27.2 Å². The Hall–Kier alpha value is -2.75. The van der Waals surface area contributed by atoms with Gasteiger partial charge in [0.2, 0.25) is 5.91 Å². The smallest absolute Gasteiger partial charge is 0.390 e. The zero-order valence-electron chi connectivity index (χ0n) is 13.8. The van der Waals surface area contributed by atoms with E-state index in [4.69, 9.17) is 11.6 Å². The quantitative estimate of drug-likeness (QED) is 0.576. The highest BCUT2D eigenvalue weighted by atomic mass is 35.5. The molecular formula is C15H15ClF2N4O4. The lowest BCUT2D eigenvalue weighted by Gasteiger charge is -2.13. The molecule has 0 saturated heterocycles. The van der Waals surface area contributed by atoms with Crippen LogP contribution >= 0.6 is 11.6 Å². The summed E-state index contributed by atoms with van der Waals surface area (Å²) < 4.78 is 30.0. The molecule has 2 aromatic rings. The summed E-state index contributed by atoms with van der Waals surface area (Å²) in [4.78, 5) is 22.4. The fraction of sp³-hybridized carbons (Fsp3) is 0.333. The second-order valence-corrected chi connectivity index (χ2v) is 5.90. The van der Waals surface area contributed by atoms with E-state index in [0.29, 0.717) is 11.4 Å². The summed E-state index contributed by atoms with van der Waals surface area (Å²) in [6, 6.07) is 5.19. The standard InChI is InChI=1S/C15H15ClF2N4O4/c1-8(7-21-9(2)5-13(20-21)22(24)25)14(23)19-10-3-4-12(11(16)6-10)26-15(17)18/h3-6,8,15H,7H2,1-2H3,(H,19,23). The molecule has 11 heteroatoms. The maximum absolute atomic E-state index is 12.3. The van der Waals surface area contributed by atoms with Crippen molar-refractivity contribution in [3.05, 3.63) is 45.1 Å². The molecule has 0 aliphatic carbocycles. The summed E-state index contributed by atoms with van der Waals surface area (Å²) in [5, 5.41) is 17.1. The van der Waals surface area contributed by atoms with Gasteiger partial charge in [0.1, 0.15) is 5.75 Å². The number of hydrogen-bond acceptors (Lipinski definition) is 5. The van der Waals surface area contributed by atoms with E-state index in [1.807, 2.05) is 0 Å². The second kappa shape index (κ2) is 8.09. The number of alkyl halides is 2. The lowest BCUT2D eigenvalue weighted by Crippen LogP contribution is -2.25. The molecule has 140 valence electrons. The number of aryl methyl sites for hydroxylation is 1. The molecule has 0 radical (unpaired) electrons. The van der Waals surface area contributed by atoms with E-state index in [-0.39, 0.29) is 29.0 Å². The molecule has 1 atom stereocenters. The van der Waals surface area contributed by atoms with Crippen molar-refractivity contribution in [3.8, 4) is 5.75 Å². The summed E-state index contributed by atoms with van der Waals surface area (Å²) in [7, 11) is 0. The minimum atomic E-state index is -3.01.